The molecule has 2 rings (SSSR count). The number of primary amides is 2. The number of carboxylic acids is 1. The Hall–Kier alpha value is -5.47. The minimum absolute atomic E-state index is 0.0448. The van der Waals surface area contributed by atoms with Crippen LogP contribution >= 0.6 is 0 Å². The van der Waals surface area contributed by atoms with Crippen molar-refractivity contribution in [3.8, 4) is 0 Å². The minimum atomic E-state index is -1.26. The van der Waals surface area contributed by atoms with E-state index in [1.165, 1.54) is 0 Å². The van der Waals surface area contributed by atoms with E-state index in [0.29, 0.717) is 30.5 Å². The predicted octanol–water partition coefficient (Wildman–Crippen LogP) is 3.95. The number of rotatable bonds is 31. The normalized spacial score (nSPS) is 13.5. The van der Waals surface area contributed by atoms with Crippen molar-refractivity contribution < 1.29 is 38.7 Å². The van der Waals surface area contributed by atoms with Gasteiger partial charge in [0.05, 0.1) is 6.42 Å². The summed E-state index contributed by atoms with van der Waals surface area (Å²) in [5.74, 6) is -4.62. The lowest BCUT2D eigenvalue weighted by atomic mass is 9.97. The van der Waals surface area contributed by atoms with Gasteiger partial charge in [-0.2, -0.15) is 0 Å². The van der Waals surface area contributed by atoms with Gasteiger partial charge in [0.2, 0.25) is 35.4 Å². The first-order chi connectivity index (χ1) is 28.2. The number of amides is 6. The third-order valence-corrected chi connectivity index (χ3v) is 10.4. The molecule has 15 heteroatoms. The van der Waals surface area contributed by atoms with Crippen LogP contribution in [0.3, 0.4) is 0 Å². The van der Waals surface area contributed by atoms with Crippen LogP contribution in [-0.2, 0) is 46.4 Å². The number of hydrogen-bond acceptors (Lipinski definition) is 8. The Morgan fingerprint density at radius 1 is 0.576 bits per heavy atom. The van der Waals surface area contributed by atoms with E-state index in [4.69, 9.17) is 17.2 Å². The number of nitrogens with one attached hydrogen (secondary N) is 4. The monoisotopic (exact) mass is 822 g/mol. The van der Waals surface area contributed by atoms with Crippen molar-refractivity contribution in [3.63, 3.8) is 0 Å². The van der Waals surface area contributed by atoms with Gasteiger partial charge in [-0.15, -0.1) is 0 Å². The molecular formula is C44H67N7O8. The van der Waals surface area contributed by atoms with Gasteiger partial charge in [-0.25, -0.2) is 4.79 Å². The van der Waals surface area contributed by atoms with E-state index >= 15 is 0 Å². The van der Waals surface area contributed by atoms with Crippen molar-refractivity contribution in [1.29, 1.82) is 0 Å². The first kappa shape index (κ1) is 49.7. The molecule has 5 atom stereocenters. The summed E-state index contributed by atoms with van der Waals surface area (Å²) in [7, 11) is 0. The molecule has 11 N–H and O–H groups in total. The third-order valence-electron chi connectivity index (χ3n) is 10.4. The smallest absolute Gasteiger partial charge is 0.326 e. The number of unbranched alkanes of at least 4 members (excludes halogenated alkanes) is 11. The highest BCUT2D eigenvalue weighted by Gasteiger charge is 2.30. The highest BCUT2D eigenvalue weighted by Crippen LogP contribution is 2.15. The zero-order valence-electron chi connectivity index (χ0n) is 34.8. The lowest BCUT2D eigenvalue weighted by molar-refractivity contribution is -0.142. The average molecular weight is 822 g/mol. The van der Waals surface area contributed by atoms with Gasteiger partial charge in [0, 0.05) is 31.4 Å². The van der Waals surface area contributed by atoms with E-state index in [0.717, 1.165) is 76.2 Å². The van der Waals surface area contributed by atoms with Crippen LogP contribution in [-0.4, -0.2) is 70.7 Å². The number of nitrogen functional groups attached to an aromatic ring is 1. The van der Waals surface area contributed by atoms with Crippen LogP contribution < -0.4 is 38.5 Å². The van der Waals surface area contributed by atoms with Crippen molar-refractivity contribution in [2.24, 2.45) is 17.4 Å². The fourth-order valence-corrected chi connectivity index (χ4v) is 6.66. The Morgan fingerprint density at radius 3 is 1.51 bits per heavy atom. The zero-order chi connectivity index (χ0) is 43.6. The van der Waals surface area contributed by atoms with Crippen molar-refractivity contribution in [2.75, 3.05) is 5.73 Å². The SMILES string of the molecule is CCC(C)[C@H](NC(=O)CCCCCCCCCCCCCCC(=O)N[C@@H](CC(N)=O)C(=O)N[C@@H](Cc1ccccc1)C(=O)O)C(=O)N[C@@H](Cc1ccc(N)cc1)C(N)=O. The van der Waals surface area contributed by atoms with Gasteiger partial charge in [-0.3, -0.25) is 28.8 Å². The Morgan fingerprint density at radius 2 is 1.03 bits per heavy atom. The molecule has 0 aliphatic heterocycles. The molecule has 1 unspecified atom stereocenters. The number of carbonyl (C=O) groups excluding carboxylic acids is 6. The van der Waals surface area contributed by atoms with Gasteiger partial charge in [0.1, 0.15) is 24.2 Å². The molecule has 2 aromatic carbocycles. The molecule has 0 fully saturated rings. The van der Waals surface area contributed by atoms with Crippen LogP contribution in [0, 0.1) is 5.92 Å². The highest BCUT2D eigenvalue weighted by atomic mass is 16.4. The molecule has 0 bridgehead atoms. The molecule has 0 radical (unpaired) electrons. The largest absolute Gasteiger partial charge is 0.480 e. The summed E-state index contributed by atoms with van der Waals surface area (Å²) in [4.78, 5) is 87.0. The molecule has 0 aliphatic carbocycles. The number of hydrogen-bond donors (Lipinski definition) is 8. The number of carboxylic acid groups (broad SMARTS) is 1. The molecule has 0 aromatic heterocycles. The van der Waals surface area contributed by atoms with Crippen LogP contribution in [0.1, 0.15) is 128 Å². The van der Waals surface area contributed by atoms with Crippen LogP contribution in [0.15, 0.2) is 54.6 Å². The Kier molecular flexibility index (Phi) is 23.6. The summed E-state index contributed by atoms with van der Waals surface area (Å²) in [5.41, 5.74) is 18.7. The van der Waals surface area contributed by atoms with Gasteiger partial charge in [-0.05, 0) is 42.0 Å². The number of carbonyl (C=O) groups is 7. The summed E-state index contributed by atoms with van der Waals surface area (Å²) in [6.45, 7) is 3.83. The van der Waals surface area contributed by atoms with Crippen molar-refractivity contribution in [2.45, 2.75) is 154 Å². The quantitative estimate of drug-likeness (QED) is 0.0404. The van der Waals surface area contributed by atoms with Gasteiger partial charge in [-0.1, -0.05) is 127 Å². The summed E-state index contributed by atoms with van der Waals surface area (Å²) in [6.07, 6.45) is 12.6. The maximum absolute atomic E-state index is 13.2. The molecular weight excluding hydrogens is 755 g/mol. The summed E-state index contributed by atoms with van der Waals surface area (Å²) < 4.78 is 0. The van der Waals surface area contributed by atoms with Crippen molar-refractivity contribution >= 4 is 47.1 Å². The van der Waals surface area contributed by atoms with Gasteiger partial charge in [0.15, 0.2) is 0 Å². The lowest BCUT2D eigenvalue weighted by Crippen LogP contribution is -2.55. The fraction of sp³-hybridized carbons (Fsp3) is 0.568. The van der Waals surface area contributed by atoms with Gasteiger partial charge in [0.25, 0.3) is 0 Å². The molecule has 0 aliphatic rings. The van der Waals surface area contributed by atoms with E-state index in [1.807, 2.05) is 13.8 Å². The van der Waals surface area contributed by atoms with Crippen LogP contribution in [0.4, 0.5) is 5.69 Å². The second kappa shape index (κ2) is 28.0. The van der Waals surface area contributed by atoms with Gasteiger partial charge < -0.3 is 43.6 Å². The van der Waals surface area contributed by atoms with E-state index in [2.05, 4.69) is 21.3 Å². The van der Waals surface area contributed by atoms with E-state index in [9.17, 15) is 38.7 Å². The summed E-state index contributed by atoms with van der Waals surface area (Å²) in [6, 6.07) is 11.6. The molecule has 15 nitrogen and oxygen atoms in total. The topological polar surface area (TPSA) is 266 Å². The number of anilines is 1. The van der Waals surface area contributed by atoms with E-state index in [1.54, 1.807) is 54.6 Å². The number of aliphatic carboxylic acids is 1. The number of benzene rings is 2. The minimum Gasteiger partial charge on any atom is -0.480 e. The summed E-state index contributed by atoms with van der Waals surface area (Å²) >= 11 is 0. The Labute approximate surface area is 348 Å². The molecule has 0 heterocycles. The maximum Gasteiger partial charge on any atom is 0.326 e. The molecule has 0 spiro atoms. The second-order valence-corrected chi connectivity index (χ2v) is 15.5. The first-order valence-electron chi connectivity index (χ1n) is 21.1. The van der Waals surface area contributed by atoms with Gasteiger partial charge >= 0.3 is 5.97 Å². The standard InChI is InChI=1S/C44H67N7O8/c1-3-30(2)40(43(57)49-34(41(47)55)27-32-23-25-33(45)26-24-32)51-39(54)22-18-13-11-9-7-5-4-6-8-10-12-17-21-38(53)48-35(29-37(46)52)42(56)50-36(44(58)59)28-31-19-15-14-16-20-31/h14-16,19-20,23-26,30,34-36,40H,3-13,17-18,21-22,27-29,45H2,1-2H3,(H2,46,52)(H2,47,55)(H,48,53)(H,49,57)(H,50,56)(H,51,54)(H,58,59)/t30?,34-,35-,36-,40-/m0/s1. The molecule has 326 valence electrons. The zero-order valence-corrected chi connectivity index (χ0v) is 34.8. The van der Waals surface area contributed by atoms with Crippen LogP contribution in [0.5, 0.6) is 0 Å². The van der Waals surface area contributed by atoms with E-state index < -0.39 is 66.1 Å². The third kappa shape index (κ3) is 21.2. The maximum atomic E-state index is 13.2. The van der Waals surface area contributed by atoms with E-state index in [-0.39, 0.29) is 31.1 Å². The summed E-state index contributed by atoms with van der Waals surface area (Å²) in [5, 5.41) is 20.2. The van der Waals surface area contributed by atoms with Crippen molar-refractivity contribution in [3.05, 3.63) is 65.7 Å². The fourth-order valence-electron chi connectivity index (χ4n) is 6.66. The predicted molar refractivity (Wildman–Crippen MR) is 227 cm³/mol. The Balaban J connectivity index is 1.57. The van der Waals surface area contributed by atoms with Crippen LogP contribution in [0.2, 0.25) is 0 Å². The molecule has 59 heavy (non-hydrogen) atoms. The van der Waals surface area contributed by atoms with Crippen LogP contribution in [0.25, 0.3) is 0 Å². The number of nitrogens with two attached hydrogens (primary N) is 3. The molecule has 0 saturated carbocycles. The Bertz CT molecular complexity index is 1620. The molecule has 2 aromatic rings. The van der Waals surface area contributed by atoms with Crippen molar-refractivity contribution in [1.82, 2.24) is 21.3 Å². The highest BCUT2D eigenvalue weighted by molar-refractivity contribution is 5.94. The second-order valence-electron chi connectivity index (χ2n) is 15.5. The molecule has 6 amide bonds. The lowest BCUT2D eigenvalue weighted by Gasteiger charge is -2.26. The molecule has 0 saturated heterocycles. The average Bonchev–Trinajstić information content (AvgIpc) is 3.19. The first-order valence-corrected chi connectivity index (χ1v) is 21.1.